The molecule has 0 aliphatic carbocycles. The van der Waals surface area contributed by atoms with Gasteiger partial charge in [-0.15, -0.1) is 0 Å². The molecule has 0 aliphatic rings. The van der Waals surface area contributed by atoms with Crippen molar-refractivity contribution in [3.8, 4) is 5.75 Å². The Bertz CT molecular complexity index is 1220. The zero-order valence-electron chi connectivity index (χ0n) is 18.9. The average Bonchev–Trinajstić information content (AvgIpc) is 2.81. The summed E-state index contributed by atoms with van der Waals surface area (Å²) in [6, 6.07) is 20.1. The first-order chi connectivity index (χ1) is 16.2. The van der Waals surface area contributed by atoms with Crippen molar-refractivity contribution in [3.05, 3.63) is 94.0 Å². The van der Waals surface area contributed by atoms with Crippen LogP contribution in [0.15, 0.2) is 77.7 Å². The normalized spacial score (nSPS) is 12.4. The monoisotopic (exact) mass is 520 g/mol. The lowest BCUT2D eigenvalue weighted by molar-refractivity contribution is -0.122. The van der Waals surface area contributed by atoms with Gasteiger partial charge in [0.25, 0.3) is 0 Å². The van der Waals surface area contributed by atoms with Crippen molar-refractivity contribution in [2.24, 2.45) is 0 Å². The van der Waals surface area contributed by atoms with Crippen LogP contribution in [0.1, 0.15) is 31.0 Å². The summed E-state index contributed by atoms with van der Waals surface area (Å²) in [4.78, 5) is 12.9. The second-order valence-corrected chi connectivity index (χ2v) is 10.4. The van der Waals surface area contributed by atoms with E-state index in [-0.39, 0.29) is 29.0 Å². The zero-order chi connectivity index (χ0) is 24.7. The number of halogens is 2. The molecule has 9 heteroatoms. The van der Waals surface area contributed by atoms with Crippen LogP contribution in [-0.4, -0.2) is 31.8 Å². The molecule has 0 aromatic heterocycles. The Morgan fingerprint density at radius 1 is 1.03 bits per heavy atom. The van der Waals surface area contributed by atoms with E-state index in [0.717, 1.165) is 15.4 Å². The number of nitrogens with one attached hydrogen (secondary N) is 1. The maximum atomic E-state index is 13.5. The molecule has 1 N–H and O–H groups in total. The predicted molar refractivity (Wildman–Crippen MR) is 135 cm³/mol. The van der Waals surface area contributed by atoms with Gasteiger partial charge in [0.15, 0.2) is 0 Å². The summed E-state index contributed by atoms with van der Waals surface area (Å²) in [6.07, 6.45) is 0. The first-order valence-corrected chi connectivity index (χ1v) is 12.9. The van der Waals surface area contributed by atoms with E-state index < -0.39 is 15.9 Å². The molecular formula is C25H26Cl2N2O4S. The zero-order valence-corrected chi connectivity index (χ0v) is 21.2. The molecule has 0 saturated carbocycles. The molecule has 0 spiro atoms. The summed E-state index contributed by atoms with van der Waals surface area (Å²) in [5, 5.41) is 3.64. The smallest absolute Gasteiger partial charge is 0.243 e. The Morgan fingerprint density at radius 2 is 1.71 bits per heavy atom. The third-order valence-corrected chi connectivity index (χ3v) is 7.45. The molecule has 6 nitrogen and oxygen atoms in total. The maximum absolute atomic E-state index is 13.5. The van der Waals surface area contributed by atoms with Gasteiger partial charge < -0.3 is 10.1 Å². The molecule has 0 bridgehead atoms. The number of rotatable bonds is 10. The number of sulfonamides is 1. The van der Waals surface area contributed by atoms with Crippen molar-refractivity contribution in [1.29, 1.82) is 0 Å². The summed E-state index contributed by atoms with van der Waals surface area (Å²) in [5.41, 5.74) is 1.61. The number of hydrogen-bond donors (Lipinski definition) is 1. The van der Waals surface area contributed by atoms with Crippen molar-refractivity contribution in [2.75, 3.05) is 13.2 Å². The van der Waals surface area contributed by atoms with E-state index in [0.29, 0.717) is 17.4 Å². The molecular weight excluding hydrogens is 495 g/mol. The number of ether oxygens (including phenoxy) is 1. The Hall–Kier alpha value is -2.58. The largest absolute Gasteiger partial charge is 0.492 e. The van der Waals surface area contributed by atoms with E-state index in [4.69, 9.17) is 27.9 Å². The third kappa shape index (κ3) is 6.73. The average molecular weight is 521 g/mol. The standard InChI is InChI=1S/C25H26Cl2N2O4S/c1-3-33-24-14-13-22(15-23(24)27)34(31,32)29(16-19-7-5-4-6-8-19)17-25(30)28-18(2)20-9-11-21(26)12-10-20/h4-15,18H,3,16-17H2,1-2H3,(H,28,30)/t18-/m0/s1. The van der Waals surface area contributed by atoms with E-state index in [9.17, 15) is 13.2 Å². The predicted octanol–water partition coefficient (Wildman–Crippen LogP) is 5.46. The molecule has 0 radical (unpaired) electrons. The SMILES string of the molecule is CCOc1ccc(S(=O)(=O)N(CC(=O)N[C@@H](C)c2ccc(Cl)cc2)Cc2ccccc2)cc1Cl. The van der Waals surface area contributed by atoms with E-state index in [2.05, 4.69) is 5.32 Å². The first-order valence-electron chi connectivity index (χ1n) is 10.7. The highest BCUT2D eigenvalue weighted by atomic mass is 35.5. The molecule has 0 heterocycles. The van der Waals surface area contributed by atoms with Gasteiger partial charge in [-0.25, -0.2) is 8.42 Å². The van der Waals surface area contributed by atoms with Crippen molar-refractivity contribution in [2.45, 2.75) is 31.3 Å². The summed E-state index contributed by atoms with van der Waals surface area (Å²) in [7, 11) is -4.04. The van der Waals surface area contributed by atoms with Crippen LogP contribution in [0.2, 0.25) is 10.0 Å². The number of amides is 1. The Balaban J connectivity index is 1.85. The molecule has 1 atom stereocenters. The highest BCUT2D eigenvalue weighted by Gasteiger charge is 2.28. The number of carbonyl (C=O) groups is 1. The van der Waals surface area contributed by atoms with Crippen molar-refractivity contribution >= 4 is 39.1 Å². The molecule has 0 saturated heterocycles. The van der Waals surface area contributed by atoms with Crippen LogP contribution < -0.4 is 10.1 Å². The molecule has 1 amide bonds. The minimum absolute atomic E-state index is 0.0181. The van der Waals surface area contributed by atoms with Crippen LogP contribution in [0.25, 0.3) is 0 Å². The fourth-order valence-corrected chi connectivity index (χ4v) is 5.20. The molecule has 3 aromatic carbocycles. The van der Waals surface area contributed by atoms with E-state index in [1.54, 1.807) is 12.1 Å². The van der Waals surface area contributed by atoms with Crippen LogP contribution in [0.4, 0.5) is 0 Å². The summed E-state index contributed by atoms with van der Waals surface area (Å²) in [5.74, 6) is -0.0359. The molecule has 0 unspecified atom stereocenters. The third-order valence-electron chi connectivity index (χ3n) is 5.11. The van der Waals surface area contributed by atoms with Gasteiger partial charge >= 0.3 is 0 Å². The van der Waals surface area contributed by atoms with Crippen molar-refractivity contribution < 1.29 is 17.9 Å². The summed E-state index contributed by atoms with van der Waals surface area (Å²) >= 11 is 12.2. The van der Waals surface area contributed by atoms with Gasteiger partial charge in [0.05, 0.1) is 29.1 Å². The fraction of sp³-hybridized carbons (Fsp3) is 0.240. The Labute approximate surface area is 210 Å². The van der Waals surface area contributed by atoms with Crippen LogP contribution in [0.5, 0.6) is 5.75 Å². The Morgan fingerprint density at radius 3 is 2.32 bits per heavy atom. The lowest BCUT2D eigenvalue weighted by Crippen LogP contribution is -2.41. The lowest BCUT2D eigenvalue weighted by Gasteiger charge is -2.23. The van der Waals surface area contributed by atoms with Gasteiger partial charge in [-0.3, -0.25) is 4.79 Å². The quantitative estimate of drug-likeness (QED) is 0.385. The number of hydrogen-bond acceptors (Lipinski definition) is 4. The van der Waals surface area contributed by atoms with Gasteiger partial charge in [0.1, 0.15) is 5.75 Å². The van der Waals surface area contributed by atoms with Crippen LogP contribution in [-0.2, 0) is 21.4 Å². The van der Waals surface area contributed by atoms with Crippen molar-refractivity contribution in [3.63, 3.8) is 0 Å². The summed E-state index contributed by atoms with van der Waals surface area (Å²) in [6.45, 7) is 3.70. The first kappa shape index (κ1) is 26.0. The highest BCUT2D eigenvalue weighted by molar-refractivity contribution is 7.89. The molecule has 3 rings (SSSR count). The number of carbonyl (C=O) groups excluding carboxylic acids is 1. The highest BCUT2D eigenvalue weighted by Crippen LogP contribution is 2.29. The van der Waals surface area contributed by atoms with Crippen LogP contribution in [0, 0.1) is 0 Å². The topological polar surface area (TPSA) is 75.7 Å². The van der Waals surface area contributed by atoms with Gasteiger partial charge in [-0.05, 0) is 55.3 Å². The molecule has 180 valence electrons. The number of benzene rings is 3. The number of nitrogens with zero attached hydrogens (tertiary/aromatic N) is 1. The molecule has 0 aliphatic heterocycles. The minimum Gasteiger partial charge on any atom is -0.492 e. The molecule has 34 heavy (non-hydrogen) atoms. The Kier molecular flexibility index (Phi) is 8.97. The van der Waals surface area contributed by atoms with Crippen LogP contribution in [0.3, 0.4) is 0 Å². The molecule has 0 fully saturated rings. The lowest BCUT2D eigenvalue weighted by atomic mass is 10.1. The molecule has 3 aromatic rings. The summed E-state index contributed by atoms with van der Waals surface area (Å²) < 4.78 is 33.6. The maximum Gasteiger partial charge on any atom is 0.243 e. The second kappa shape index (κ2) is 11.7. The van der Waals surface area contributed by atoms with Gasteiger partial charge in [0, 0.05) is 11.6 Å². The van der Waals surface area contributed by atoms with E-state index in [1.165, 1.54) is 18.2 Å². The van der Waals surface area contributed by atoms with Gasteiger partial charge in [0.2, 0.25) is 15.9 Å². The van der Waals surface area contributed by atoms with Gasteiger partial charge in [-0.1, -0.05) is 65.7 Å². The van der Waals surface area contributed by atoms with Crippen LogP contribution >= 0.6 is 23.2 Å². The van der Waals surface area contributed by atoms with E-state index >= 15 is 0 Å². The van der Waals surface area contributed by atoms with E-state index in [1.807, 2.05) is 56.3 Å². The van der Waals surface area contributed by atoms with Crippen molar-refractivity contribution in [1.82, 2.24) is 9.62 Å². The fourth-order valence-electron chi connectivity index (χ4n) is 3.36. The second-order valence-electron chi connectivity index (χ2n) is 7.62. The van der Waals surface area contributed by atoms with Gasteiger partial charge in [-0.2, -0.15) is 4.31 Å². The minimum atomic E-state index is -4.04.